The van der Waals surface area contributed by atoms with Crippen LogP contribution in [0.5, 0.6) is 0 Å². The molecular formula is C31H31F6N5O2S. The van der Waals surface area contributed by atoms with Gasteiger partial charge in [0.1, 0.15) is 23.6 Å². The molecule has 4 atom stereocenters. The van der Waals surface area contributed by atoms with Crippen LogP contribution >= 0.6 is 11.8 Å². The van der Waals surface area contributed by atoms with Gasteiger partial charge in [0, 0.05) is 78.0 Å². The zero-order chi connectivity index (χ0) is 32.4. The number of hydrogen-bond acceptors (Lipinski definition) is 6. The van der Waals surface area contributed by atoms with Crippen molar-refractivity contribution >= 4 is 34.4 Å². The van der Waals surface area contributed by atoms with Crippen molar-refractivity contribution in [2.75, 3.05) is 43.4 Å². The zero-order valence-electron chi connectivity index (χ0n) is 24.6. The molecule has 0 unspecified atom stereocenters. The van der Waals surface area contributed by atoms with E-state index in [1.54, 1.807) is 23.6 Å². The first-order valence-corrected chi connectivity index (χ1v) is 15.6. The average Bonchev–Trinajstić information content (AvgIpc) is 3.38. The molecule has 240 valence electrons. The maximum absolute atomic E-state index is 15.2. The first kappa shape index (κ1) is 31.5. The molecule has 0 spiro atoms. The summed E-state index contributed by atoms with van der Waals surface area (Å²) < 4.78 is 89.0. The Morgan fingerprint density at radius 3 is 2.44 bits per heavy atom. The largest absolute Gasteiger partial charge is 0.417 e. The monoisotopic (exact) mass is 651 g/mol. The van der Waals surface area contributed by atoms with Gasteiger partial charge in [-0.2, -0.15) is 18.2 Å². The summed E-state index contributed by atoms with van der Waals surface area (Å²) in [6.45, 7) is 8.43. The highest BCUT2D eigenvalue weighted by Crippen LogP contribution is 2.50. The number of benzene rings is 2. The minimum atomic E-state index is -4.95. The minimum absolute atomic E-state index is 0.0276. The summed E-state index contributed by atoms with van der Waals surface area (Å²) in [6.07, 6.45) is -4.41. The molecule has 2 aromatic carbocycles. The molecule has 0 radical (unpaired) electrons. The summed E-state index contributed by atoms with van der Waals surface area (Å²) in [7, 11) is 0. The van der Waals surface area contributed by atoms with Gasteiger partial charge in [-0.3, -0.25) is 14.3 Å². The number of piperazine rings is 1. The van der Waals surface area contributed by atoms with Crippen LogP contribution in [0.2, 0.25) is 0 Å². The molecule has 0 aliphatic carbocycles. The quantitative estimate of drug-likeness (QED) is 0.262. The van der Waals surface area contributed by atoms with Gasteiger partial charge in [0.05, 0.1) is 17.1 Å². The van der Waals surface area contributed by atoms with Gasteiger partial charge in [-0.15, -0.1) is 11.8 Å². The Kier molecular flexibility index (Phi) is 8.17. The third kappa shape index (κ3) is 5.60. The normalized spacial score (nSPS) is 24.0. The number of thioether (sulfide) groups is 1. The summed E-state index contributed by atoms with van der Waals surface area (Å²) in [4.78, 5) is 36.0. The van der Waals surface area contributed by atoms with E-state index < -0.39 is 52.4 Å². The Labute approximate surface area is 259 Å². The molecule has 1 amide bonds. The van der Waals surface area contributed by atoms with E-state index in [9.17, 15) is 31.5 Å². The van der Waals surface area contributed by atoms with Gasteiger partial charge in [0.15, 0.2) is 0 Å². The molecule has 3 aliphatic heterocycles. The van der Waals surface area contributed by atoms with Crippen LogP contribution < -0.4 is 10.6 Å². The summed E-state index contributed by atoms with van der Waals surface area (Å²) >= 11 is 1.06. The molecule has 2 saturated heterocycles. The molecule has 2 fully saturated rings. The SMILES string of the molecule is C=CC(=O)N1[C@H](C)CN(c2nc(=O)n3c4c(c(-c5ccc(F)cc5F)c(C(F)(F)F)cc24)SC[C@@H]3CN2CC[C@H](F)C2)C[C@@H]1C. The molecule has 0 bridgehead atoms. The maximum Gasteiger partial charge on any atom is 0.417 e. The summed E-state index contributed by atoms with van der Waals surface area (Å²) in [5, 5.41) is 0.0492. The van der Waals surface area contributed by atoms with Crippen LogP contribution in [-0.2, 0) is 11.0 Å². The number of amides is 1. The number of alkyl halides is 4. The molecule has 0 saturated carbocycles. The van der Waals surface area contributed by atoms with Crippen LogP contribution in [0, 0.1) is 11.6 Å². The number of halogens is 6. The van der Waals surface area contributed by atoms with Gasteiger partial charge >= 0.3 is 11.9 Å². The van der Waals surface area contributed by atoms with Gasteiger partial charge in [0.25, 0.3) is 0 Å². The third-order valence-electron chi connectivity index (χ3n) is 8.77. The first-order chi connectivity index (χ1) is 21.3. The lowest BCUT2D eigenvalue weighted by Gasteiger charge is -2.45. The molecule has 7 nitrogen and oxygen atoms in total. The van der Waals surface area contributed by atoms with Crippen LogP contribution in [0.3, 0.4) is 0 Å². The molecule has 3 aromatic rings. The second-order valence-corrected chi connectivity index (χ2v) is 12.9. The van der Waals surface area contributed by atoms with Crippen LogP contribution in [0.1, 0.15) is 31.9 Å². The Bertz CT molecular complexity index is 1730. The van der Waals surface area contributed by atoms with Crippen molar-refractivity contribution in [2.24, 2.45) is 0 Å². The lowest BCUT2D eigenvalue weighted by Crippen LogP contribution is -2.58. The lowest BCUT2D eigenvalue weighted by molar-refractivity contribution is -0.137. The van der Waals surface area contributed by atoms with Crippen LogP contribution in [0.4, 0.5) is 32.2 Å². The molecule has 14 heteroatoms. The molecule has 45 heavy (non-hydrogen) atoms. The van der Waals surface area contributed by atoms with E-state index in [4.69, 9.17) is 0 Å². The number of hydrogen-bond donors (Lipinski definition) is 0. The third-order valence-corrected chi connectivity index (χ3v) is 10.0. The lowest BCUT2D eigenvalue weighted by atomic mass is 9.95. The minimum Gasteiger partial charge on any atom is -0.352 e. The molecule has 3 aliphatic rings. The maximum atomic E-state index is 15.2. The number of nitrogens with zero attached hydrogens (tertiary/aromatic N) is 5. The van der Waals surface area contributed by atoms with Gasteiger partial charge < -0.3 is 9.80 Å². The van der Waals surface area contributed by atoms with Gasteiger partial charge in [-0.25, -0.2) is 18.0 Å². The van der Waals surface area contributed by atoms with Crippen molar-refractivity contribution in [1.82, 2.24) is 19.4 Å². The predicted molar refractivity (Wildman–Crippen MR) is 160 cm³/mol. The first-order valence-electron chi connectivity index (χ1n) is 14.6. The number of carbonyl (C=O) groups is 1. The van der Waals surface area contributed by atoms with E-state index in [0.717, 1.165) is 30.0 Å². The van der Waals surface area contributed by atoms with Gasteiger partial charge in [-0.05, 0) is 44.5 Å². The number of rotatable bonds is 5. The van der Waals surface area contributed by atoms with Crippen LogP contribution in [-0.4, -0.2) is 82.0 Å². The molecule has 4 heterocycles. The Balaban J connectivity index is 1.61. The van der Waals surface area contributed by atoms with Crippen LogP contribution in [0.15, 0.2) is 46.6 Å². The Morgan fingerprint density at radius 2 is 1.84 bits per heavy atom. The van der Waals surface area contributed by atoms with E-state index in [1.165, 1.54) is 10.6 Å². The van der Waals surface area contributed by atoms with Crippen molar-refractivity contribution in [2.45, 2.75) is 55.6 Å². The number of likely N-dealkylation sites (tertiary alicyclic amines) is 1. The second-order valence-electron chi connectivity index (χ2n) is 11.9. The summed E-state index contributed by atoms with van der Waals surface area (Å²) in [5.74, 6) is -2.21. The van der Waals surface area contributed by atoms with Crippen molar-refractivity contribution in [3.05, 3.63) is 64.6 Å². The fourth-order valence-corrected chi connectivity index (χ4v) is 8.26. The van der Waals surface area contributed by atoms with Crippen molar-refractivity contribution in [3.8, 4) is 11.1 Å². The fourth-order valence-electron chi connectivity index (χ4n) is 6.93. The number of carbonyl (C=O) groups excluding carboxylic acids is 1. The summed E-state index contributed by atoms with van der Waals surface area (Å²) in [5.41, 5.74) is -2.60. The summed E-state index contributed by atoms with van der Waals surface area (Å²) in [6, 6.07) is 1.97. The highest BCUT2D eigenvalue weighted by molar-refractivity contribution is 7.99. The number of anilines is 1. The molecule has 1 aromatic heterocycles. The Morgan fingerprint density at radius 1 is 1.13 bits per heavy atom. The van der Waals surface area contributed by atoms with E-state index in [1.807, 2.05) is 4.90 Å². The standard InChI is InChI=1S/C31H31F6N5O2S/c1-4-25(43)41-16(2)11-40(12-17(41)3)29-22-10-23(31(35,36)37)26(21-6-5-18(32)9-24(21)34)28-27(22)42(30(44)38-29)20(15-45-28)14-39-8-7-19(33)13-39/h4-6,9-10,16-17,19-20H,1,7-8,11-15H2,2-3H3/t16-,17+,19-,20-/m0/s1. The molecule has 6 rings (SSSR count). The fraction of sp³-hybridized carbons (Fsp3) is 0.452. The highest BCUT2D eigenvalue weighted by atomic mass is 32.2. The van der Waals surface area contributed by atoms with Crippen molar-refractivity contribution < 1.29 is 31.1 Å². The zero-order valence-corrected chi connectivity index (χ0v) is 25.4. The van der Waals surface area contributed by atoms with E-state index >= 15 is 4.39 Å². The topological polar surface area (TPSA) is 61.7 Å². The van der Waals surface area contributed by atoms with Crippen molar-refractivity contribution in [1.29, 1.82) is 0 Å². The van der Waals surface area contributed by atoms with E-state index in [0.29, 0.717) is 19.0 Å². The average molecular weight is 652 g/mol. The van der Waals surface area contributed by atoms with Gasteiger partial charge in [0.2, 0.25) is 5.91 Å². The van der Waals surface area contributed by atoms with Crippen molar-refractivity contribution in [3.63, 3.8) is 0 Å². The van der Waals surface area contributed by atoms with Crippen LogP contribution in [0.25, 0.3) is 22.0 Å². The predicted octanol–water partition coefficient (Wildman–Crippen LogP) is 5.66. The molecular weight excluding hydrogens is 620 g/mol. The Hall–Kier alpha value is -3.52. The van der Waals surface area contributed by atoms with E-state index in [-0.39, 0.29) is 71.5 Å². The van der Waals surface area contributed by atoms with Gasteiger partial charge in [-0.1, -0.05) is 6.58 Å². The second kappa shape index (κ2) is 11.7. The van der Waals surface area contributed by atoms with E-state index in [2.05, 4.69) is 11.6 Å². The number of aromatic nitrogens is 2. The smallest absolute Gasteiger partial charge is 0.352 e. The molecule has 0 N–H and O–H groups in total. The highest BCUT2D eigenvalue weighted by Gasteiger charge is 2.41.